The summed E-state index contributed by atoms with van der Waals surface area (Å²) in [5.41, 5.74) is -0.00880. The van der Waals surface area contributed by atoms with E-state index in [0.29, 0.717) is 4.52 Å². The Morgan fingerprint density at radius 2 is 2.09 bits per heavy atom. The molecule has 10 heteroatoms. The summed E-state index contributed by atoms with van der Waals surface area (Å²) in [7, 11) is 2.89. The molecule has 2 heterocycles. The number of hydrogen-bond donors (Lipinski definition) is 0. The van der Waals surface area contributed by atoms with Gasteiger partial charge < -0.3 is 9.64 Å². The van der Waals surface area contributed by atoms with E-state index in [9.17, 15) is 18.0 Å². The van der Waals surface area contributed by atoms with Crippen molar-refractivity contribution < 1.29 is 22.7 Å². The van der Waals surface area contributed by atoms with Crippen molar-refractivity contribution >= 4 is 17.4 Å². The number of carbonyl (C=O) groups excluding carboxylic acids is 1. The van der Waals surface area contributed by atoms with Crippen molar-refractivity contribution in [1.29, 1.82) is 0 Å². The monoisotopic (exact) mass is 317 g/mol. The summed E-state index contributed by atoms with van der Waals surface area (Å²) in [5.74, 6) is -1.80. The van der Waals surface area contributed by atoms with E-state index < -0.39 is 23.9 Å². The first-order valence-corrected chi connectivity index (χ1v) is 6.32. The second kappa shape index (κ2) is 5.78. The Balaban J connectivity index is 2.30. The molecule has 0 fully saturated rings. The molecular formula is C12H14F3N5O2. The van der Waals surface area contributed by atoms with Crippen LogP contribution in [0.1, 0.15) is 12.7 Å². The molecular weight excluding hydrogens is 303 g/mol. The van der Waals surface area contributed by atoms with Gasteiger partial charge in [-0.3, -0.25) is 4.79 Å². The molecule has 120 valence electrons. The maximum Gasteiger partial charge on any atom is 0.453 e. The highest BCUT2D eigenvalue weighted by Crippen LogP contribution is 2.27. The fourth-order valence-corrected chi connectivity index (χ4v) is 1.94. The molecule has 1 unspecified atom stereocenters. The number of anilines is 1. The second-order valence-electron chi connectivity index (χ2n) is 4.79. The second-order valence-corrected chi connectivity index (χ2v) is 4.79. The number of fused-ring (bicyclic) bond motifs is 1. The van der Waals surface area contributed by atoms with E-state index in [4.69, 9.17) is 0 Å². The van der Waals surface area contributed by atoms with Crippen LogP contribution in [-0.2, 0) is 15.7 Å². The Kier molecular flexibility index (Phi) is 4.20. The van der Waals surface area contributed by atoms with Crippen LogP contribution in [0.2, 0.25) is 0 Å². The first kappa shape index (κ1) is 16.0. The number of alkyl halides is 3. The summed E-state index contributed by atoms with van der Waals surface area (Å²) in [6.45, 7) is 1.90. The lowest BCUT2D eigenvalue weighted by Crippen LogP contribution is -2.30. The third-order valence-corrected chi connectivity index (χ3v) is 3.04. The first-order valence-electron chi connectivity index (χ1n) is 6.32. The highest BCUT2D eigenvalue weighted by atomic mass is 19.4. The number of hydrogen-bond acceptors (Lipinski definition) is 6. The lowest BCUT2D eigenvalue weighted by molar-refractivity contribution is -0.146. The van der Waals surface area contributed by atoms with Crippen molar-refractivity contribution in [3.63, 3.8) is 0 Å². The van der Waals surface area contributed by atoms with Gasteiger partial charge in [-0.05, 0) is 12.1 Å². The van der Waals surface area contributed by atoms with Gasteiger partial charge in [0.2, 0.25) is 0 Å². The van der Waals surface area contributed by atoms with Crippen LogP contribution in [0.25, 0.3) is 5.65 Å². The third-order valence-electron chi connectivity index (χ3n) is 3.04. The van der Waals surface area contributed by atoms with E-state index in [-0.39, 0.29) is 18.0 Å². The molecule has 2 aromatic heterocycles. The molecule has 0 aliphatic heterocycles. The molecule has 0 amide bonds. The van der Waals surface area contributed by atoms with Crippen molar-refractivity contribution in [1.82, 2.24) is 19.8 Å². The number of halogens is 3. The SMILES string of the molecule is COC(=O)C(C)CN(C)c1ccc2nnc(C(F)(F)F)n2n1. The van der Waals surface area contributed by atoms with E-state index in [0.717, 1.165) is 0 Å². The molecule has 7 nitrogen and oxygen atoms in total. The Morgan fingerprint density at radius 1 is 1.41 bits per heavy atom. The van der Waals surface area contributed by atoms with Gasteiger partial charge in [-0.1, -0.05) is 6.92 Å². The van der Waals surface area contributed by atoms with Gasteiger partial charge >= 0.3 is 12.1 Å². The van der Waals surface area contributed by atoms with Crippen LogP contribution in [-0.4, -0.2) is 46.5 Å². The van der Waals surface area contributed by atoms with Crippen LogP contribution in [0.15, 0.2) is 12.1 Å². The fourth-order valence-electron chi connectivity index (χ4n) is 1.94. The molecule has 22 heavy (non-hydrogen) atoms. The van der Waals surface area contributed by atoms with E-state index in [1.807, 2.05) is 0 Å². The summed E-state index contributed by atoms with van der Waals surface area (Å²) >= 11 is 0. The topological polar surface area (TPSA) is 72.6 Å². The fraction of sp³-hybridized carbons (Fsp3) is 0.500. The number of ether oxygens (including phenoxy) is 1. The Hall–Kier alpha value is -2.39. The van der Waals surface area contributed by atoms with Crippen LogP contribution < -0.4 is 4.90 Å². The first-order chi connectivity index (χ1) is 10.2. The number of rotatable bonds is 4. The highest BCUT2D eigenvalue weighted by molar-refractivity contribution is 5.72. The number of nitrogens with zero attached hydrogens (tertiary/aromatic N) is 5. The molecule has 0 N–H and O–H groups in total. The van der Waals surface area contributed by atoms with Gasteiger partial charge in [0.05, 0.1) is 13.0 Å². The van der Waals surface area contributed by atoms with Crippen LogP contribution in [0.5, 0.6) is 0 Å². The normalized spacial score (nSPS) is 13.2. The van der Waals surface area contributed by atoms with Crippen molar-refractivity contribution in [2.45, 2.75) is 13.1 Å². The minimum Gasteiger partial charge on any atom is -0.469 e. The van der Waals surface area contributed by atoms with E-state index in [1.54, 1.807) is 18.9 Å². The summed E-state index contributed by atoms with van der Waals surface area (Å²) in [4.78, 5) is 12.9. The average Bonchev–Trinajstić information content (AvgIpc) is 2.88. The lowest BCUT2D eigenvalue weighted by Gasteiger charge is -2.21. The number of carbonyl (C=O) groups is 1. The standard InChI is InChI=1S/C12H14F3N5O2/c1-7(10(21)22-3)6-19(2)9-5-4-8-16-17-11(12(13,14)15)20(8)18-9/h4-5,7H,6H2,1-3H3. The van der Waals surface area contributed by atoms with E-state index in [2.05, 4.69) is 20.0 Å². The van der Waals surface area contributed by atoms with E-state index >= 15 is 0 Å². The van der Waals surface area contributed by atoms with Gasteiger partial charge in [0.25, 0.3) is 5.82 Å². The van der Waals surface area contributed by atoms with Gasteiger partial charge in [-0.2, -0.15) is 17.7 Å². The van der Waals surface area contributed by atoms with E-state index in [1.165, 1.54) is 19.2 Å². The molecule has 0 aliphatic carbocycles. The molecule has 0 radical (unpaired) electrons. The molecule has 0 aromatic carbocycles. The van der Waals surface area contributed by atoms with Crippen molar-refractivity contribution in [3.05, 3.63) is 18.0 Å². The molecule has 2 rings (SSSR count). The molecule has 0 saturated carbocycles. The average molecular weight is 317 g/mol. The molecule has 2 aromatic rings. The quantitative estimate of drug-likeness (QED) is 0.794. The maximum absolute atomic E-state index is 12.8. The smallest absolute Gasteiger partial charge is 0.453 e. The van der Waals surface area contributed by atoms with Crippen LogP contribution in [0.3, 0.4) is 0 Å². The van der Waals surface area contributed by atoms with Gasteiger partial charge in [0.15, 0.2) is 5.65 Å². The summed E-state index contributed by atoms with van der Waals surface area (Å²) < 4.78 is 43.7. The number of aromatic nitrogens is 4. The molecule has 0 aliphatic rings. The zero-order valence-electron chi connectivity index (χ0n) is 12.1. The van der Waals surface area contributed by atoms with Gasteiger partial charge in [-0.25, -0.2) is 0 Å². The summed E-state index contributed by atoms with van der Waals surface area (Å²) in [6, 6.07) is 2.89. The summed E-state index contributed by atoms with van der Waals surface area (Å²) in [6.07, 6.45) is -4.65. The van der Waals surface area contributed by atoms with Gasteiger partial charge in [0, 0.05) is 13.6 Å². The largest absolute Gasteiger partial charge is 0.469 e. The van der Waals surface area contributed by atoms with Crippen LogP contribution in [0, 0.1) is 5.92 Å². The Labute approximate surface area is 123 Å². The summed E-state index contributed by atoms with van der Waals surface area (Å²) in [5, 5.41) is 10.4. The van der Waals surface area contributed by atoms with Crippen LogP contribution in [0.4, 0.5) is 19.0 Å². The third kappa shape index (κ3) is 3.10. The lowest BCUT2D eigenvalue weighted by atomic mass is 10.2. The predicted molar refractivity (Wildman–Crippen MR) is 70.2 cm³/mol. The molecule has 0 saturated heterocycles. The number of esters is 1. The van der Waals surface area contributed by atoms with Crippen molar-refractivity contribution in [3.8, 4) is 0 Å². The zero-order chi connectivity index (χ0) is 16.5. The minimum atomic E-state index is -4.65. The zero-order valence-corrected chi connectivity index (χ0v) is 12.1. The minimum absolute atomic E-state index is 0.00880. The molecule has 0 spiro atoms. The highest BCUT2D eigenvalue weighted by Gasteiger charge is 2.37. The van der Waals surface area contributed by atoms with Gasteiger partial charge in [0.1, 0.15) is 5.82 Å². The molecule has 1 atom stereocenters. The predicted octanol–water partition coefficient (Wildman–Crippen LogP) is 1.39. The Morgan fingerprint density at radius 3 is 2.68 bits per heavy atom. The number of methoxy groups -OCH3 is 1. The van der Waals surface area contributed by atoms with Crippen LogP contribution >= 0.6 is 0 Å². The molecule has 0 bridgehead atoms. The Bertz CT molecular complexity index is 685. The van der Waals surface area contributed by atoms with Crippen molar-refractivity contribution in [2.24, 2.45) is 5.92 Å². The van der Waals surface area contributed by atoms with Crippen molar-refractivity contribution in [2.75, 3.05) is 25.6 Å². The van der Waals surface area contributed by atoms with Gasteiger partial charge in [-0.15, -0.1) is 15.3 Å². The maximum atomic E-state index is 12.8.